The molecule has 0 aliphatic carbocycles. The fourth-order valence-electron chi connectivity index (χ4n) is 12.2. The number of carbonyl (C=O) groups is 6. The van der Waals surface area contributed by atoms with Gasteiger partial charge in [0.1, 0.15) is 0 Å². The normalized spacial score (nSPS) is 11.3. The van der Waals surface area contributed by atoms with Crippen LogP contribution in [0.2, 0.25) is 0 Å². The molecule has 88 heavy (non-hydrogen) atoms. The third-order valence-electron chi connectivity index (χ3n) is 18.2. The van der Waals surface area contributed by atoms with Gasteiger partial charge in [-0.1, -0.05) is 324 Å². The molecule has 13 nitrogen and oxygen atoms in total. The van der Waals surface area contributed by atoms with Crippen molar-refractivity contribution in [1.29, 1.82) is 0 Å². The van der Waals surface area contributed by atoms with Crippen LogP contribution in [0.4, 0.5) is 0 Å². The van der Waals surface area contributed by atoms with Crippen molar-refractivity contribution >= 4 is 35.4 Å². The maximum atomic E-state index is 15.1. The summed E-state index contributed by atoms with van der Waals surface area (Å²) in [4.78, 5) is 93.8. The Kier molecular flexibility index (Phi) is 62.9. The Balaban J connectivity index is 6.80. The summed E-state index contributed by atoms with van der Waals surface area (Å²) >= 11 is 0. The topological polar surface area (TPSA) is 171 Å². The minimum Gasteiger partial charge on any atom is -0.368 e. The SMILES string of the molecule is CCCCCCCCCCCCN(CC(N)=O)C(=O)CN(CCCCCCCCCCCC)C(=O)CN(CCCCCCCCCCCC)C(=O)CN(CCCCCCCCCCCC)C(=O)CN(CCCCCCCCCCCC)C(=O)CCCCN. The smallest absolute Gasteiger partial charge is 0.242 e. The molecule has 0 spiro atoms. The second kappa shape index (κ2) is 65.3. The second-order valence-corrected chi connectivity index (χ2v) is 26.7. The van der Waals surface area contributed by atoms with E-state index in [-0.39, 0.29) is 62.3 Å². The zero-order valence-electron chi connectivity index (χ0n) is 59.1. The number of carbonyl (C=O) groups excluding carboxylic acids is 6. The molecule has 0 radical (unpaired) electrons. The lowest BCUT2D eigenvalue weighted by atomic mass is 10.1. The minimum absolute atomic E-state index is 0.0361. The fraction of sp³-hybridized carbons (Fsp3) is 0.920. The van der Waals surface area contributed by atoms with Gasteiger partial charge in [0, 0.05) is 39.1 Å². The van der Waals surface area contributed by atoms with Gasteiger partial charge in [-0.3, -0.25) is 28.8 Å². The van der Waals surface area contributed by atoms with Crippen LogP contribution in [0.3, 0.4) is 0 Å². The van der Waals surface area contributed by atoms with Gasteiger partial charge in [-0.15, -0.1) is 0 Å². The Bertz CT molecular complexity index is 1620. The number of primary amides is 1. The van der Waals surface area contributed by atoms with Gasteiger partial charge in [0.2, 0.25) is 35.4 Å². The number of hydrogen-bond donors (Lipinski definition) is 2. The molecular weight excluding hydrogens is 1090 g/mol. The van der Waals surface area contributed by atoms with Crippen molar-refractivity contribution in [2.24, 2.45) is 11.5 Å². The van der Waals surface area contributed by atoms with Gasteiger partial charge in [0.15, 0.2) is 0 Å². The average Bonchev–Trinajstić information content (AvgIpc) is 3.71. The molecule has 4 N–H and O–H groups in total. The fourth-order valence-corrected chi connectivity index (χ4v) is 12.2. The third-order valence-corrected chi connectivity index (χ3v) is 18.2. The zero-order chi connectivity index (χ0) is 64.6. The molecule has 518 valence electrons. The third kappa shape index (κ3) is 53.4. The van der Waals surface area contributed by atoms with Gasteiger partial charge < -0.3 is 36.0 Å². The molecule has 6 amide bonds. The minimum atomic E-state index is -0.573. The lowest BCUT2D eigenvalue weighted by Crippen LogP contribution is -2.51. The van der Waals surface area contributed by atoms with Gasteiger partial charge in [0.05, 0.1) is 32.7 Å². The van der Waals surface area contributed by atoms with Crippen LogP contribution < -0.4 is 11.5 Å². The molecule has 0 aliphatic rings. The number of unbranched alkanes of at least 4 members (excludes halogenated alkanes) is 46. The Morgan fingerprint density at radius 3 is 0.568 bits per heavy atom. The molecule has 0 saturated carbocycles. The Labute approximate surface area is 544 Å². The van der Waals surface area contributed by atoms with Crippen LogP contribution in [0, 0.1) is 0 Å². The molecule has 0 unspecified atom stereocenters. The number of rotatable bonds is 69. The van der Waals surface area contributed by atoms with E-state index in [9.17, 15) is 24.0 Å². The monoisotopic (exact) mass is 1240 g/mol. The van der Waals surface area contributed by atoms with E-state index in [0.717, 1.165) is 128 Å². The van der Waals surface area contributed by atoms with Crippen molar-refractivity contribution < 1.29 is 28.8 Å². The molecule has 0 aromatic rings. The molecule has 0 fully saturated rings. The van der Waals surface area contributed by atoms with Crippen LogP contribution in [0.5, 0.6) is 0 Å². The Morgan fingerprint density at radius 1 is 0.216 bits per heavy atom. The summed E-state index contributed by atoms with van der Waals surface area (Å²) in [6, 6.07) is 0. The molecule has 0 saturated heterocycles. The molecule has 0 aromatic heterocycles. The van der Waals surface area contributed by atoms with Crippen LogP contribution in [0.15, 0.2) is 0 Å². The quantitative estimate of drug-likeness (QED) is 0.0571. The number of nitrogens with two attached hydrogens (primary N) is 2. The molecule has 0 aromatic carbocycles. The number of nitrogens with zero attached hydrogens (tertiary/aromatic N) is 5. The van der Waals surface area contributed by atoms with E-state index in [0.29, 0.717) is 52.1 Å². The first-order chi connectivity index (χ1) is 43.0. The van der Waals surface area contributed by atoms with E-state index in [1.165, 1.54) is 199 Å². The van der Waals surface area contributed by atoms with Gasteiger partial charge in [-0.05, 0) is 51.5 Å². The van der Waals surface area contributed by atoms with E-state index < -0.39 is 5.91 Å². The van der Waals surface area contributed by atoms with Crippen molar-refractivity contribution in [3.05, 3.63) is 0 Å². The highest BCUT2D eigenvalue weighted by Crippen LogP contribution is 2.18. The van der Waals surface area contributed by atoms with Gasteiger partial charge in [0.25, 0.3) is 0 Å². The summed E-state index contributed by atoms with van der Waals surface area (Å²) in [6.07, 6.45) is 59.2. The zero-order valence-corrected chi connectivity index (χ0v) is 59.1. The average molecular weight is 1240 g/mol. The molecule has 0 rings (SSSR count). The first-order valence-corrected chi connectivity index (χ1v) is 38.4. The molecule has 0 aliphatic heterocycles. The molecule has 0 bridgehead atoms. The predicted molar refractivity (Wildman–Crippen MR) is 374 cm³/mol. The van der Waals surface area contributed by atoms with E-state index in [1.54, 1.807) is 24.5 Å². The summed E-state index contributed by atoms with van der Waals surface area (Å²) in [6.45, 7) is 13.0. The Morgan fingerprint density at radius 2 is 0.386 bits per heavy atom. The van der Waals surface area contributed by atoms with E-state index in [4.69, 9.17) is 11.5 Å². The lowest BCUT2D eigenvalue weighted by Gasteiger charge is -2.32. The summed E-state index contributed by atoms with van der Waals surface area (Å²) in [5.74, 6) is -1.69. The maximum absolute atomic E-state index is 15.1. The number of hydrogen-bond acceptors (Lipinski definition) is 7. The standard InChI is InChI=1S/C75H147N7O6/c1-6-11-16-21-26-31-36-41-46-53-60-78(65-70(77)83)72(85)67-80(62-55-48-43-38-33-28-23-18-13-8-3)74(87)69-82(64-57-50-45-40-35-30-25-20-15-10-5)75(88)68-81(63-56-49-44-39-34-29-24-19-14-9-4)73(86)66-79(71(84)58-51-52-59-76)61-54-47-42-37-32-27-22-17-12-7-2/h6-69,76H2,1-5H3,(H2,77,83). The summed E-state index contributed by atoms with van der Waals surface area (Å²) in [7, 11) is 0. The Hall–Kier alpha value is -3.22. The van der Waals surface area contributed by atoms with Crippen molar-refractivity contribution in [3.8, 4) is 0 Å². The van der Waals surface area contributed by atoms with Crippen molar-refractivity contribution in [2.45, 2.75) is 375 Å². The van der Waals surface area contributed by atoms with Gasteiger partial charge in [-0.2, -0.15) is 0 Å². The summed E-state index contributed by atoms with van der Waals surface area (Å²) in [5.41, 5.74) is 11.6. The molecule has 0 heterocycles. The van der Waals surface area contributed by atoms with Crippen molar-refractivity contribution in [3.63, 3.8) is 0 Å². The van der Waals surface area contributed by atoms with Gasteiger partial charge >= 0.3 is 0 Å². The van der Waals surface area contributed by atoms with Crippen molar-refractivity contribution in [1.82, 2.24) is 24.5 Å². The van der Waals surface area contributed by atoms with Crippen LogP contribution >= 0.6 is 0 Å². The highest BCUT2D eigenvalue weighted by molar-refractivity contribution is 5.92. The first-order valence-electron chi connectivity index (χ1n) is 38.4. The van der Waals surface area contributed by atoms with E-state index >= 15 is 4.79 Å². The highest BCUT2D eigenvalue weighted by Gasteiger charge is 2.29. The first kappa shape index (κ1) is 84.8. The molecule has 0 atom stereocenters. The van der Waals surface area contributed by atoms with E-state index in [1.807, 2.05) is 0 Å². The maximum Gasteiger partial charge on any atom is 0.242 e. The van der Waals surface area contributed by atoms with Crippen LogP contribution in [-0.4, -0.2) is 132 Å². The molecular formula is C75H147N7O6. The largest absolute Gasteiger partial charge is 0.368 e. The lowest BCUT2D eigenvalue weighted by molar-refractivity contribution is -0.147. The van der Waals surface area contributed by atoms with Crippen LogP contribution in [0.1, 0.15) is 375 Å². The summed E-state index contributed by atoms with van der Waals surface area (Å²) < 4.78 is 0. The van der Waals surface area contributed by atoms with Crippen LogP contribution in [-0.2, 0) is 28.8 Å². The van der Waals surface area contributed by atoms with Gasteiger partial charge in [-0.25, -0.2) is 0 Å². The highest BCUT2D eigenvalue weighted by atomic mass is 16.2. The second-order valence-electron chi connectivity index (χ2n) is 26.7. The van der Waals surface area contributed by atoms with Crippen molar-refractivity contribution in [2.75, 3.05) is 72.0 Å². The van der Waals surface area contributed by atoms with E-state index in [2.05, 4.69) is 34.6 Å². The molecule has 13 heteroatoms. The summed E-state index contributed by atoms with van der Waals surface area (Å²) in [5, 5.41) is 0. The predicted octanol–water partition coefficient (Wildman–Crippen LogP) is 18.3. The van der Waals surface area contributed by atoms with Crippen LogP contribution in [0.25, 0.3) is 0 Å². The number of amides is 6.